The lowest BCUT2D eigenvalue weighted by molar-refractivity contribution is -0.146. The van der Waals surface area contributed by atoms with Gasteiger partial charge < -0.3 is 9.05 Å². The Bertz CT molecular complexity index is 262. The van der Waals surface area contributed by atoms with E-state index >= 15 is 0 Å². The topological polar surface area (TPSA) is 72.5 Å². The van der Waals surface area contributed by atoms with Gasteiger partial charge in [0.15, 0.2) is 0 Å². The molecule has 0 radical (unpaired) electrons. The zero-order valence-electron chi connectivity index (χ0n) is 11.0. The normalized spacial score (nSPS) is 12.9. The quantitative estimate of drug-likeness (QED) is 0.325. The van der Waals surface area contributed by atoms with Crippen LogP contribution in [0.5, 0.6) is 0 Å². The van der Waals surface area contributed by atoms with Crippen LogP contribution >= 0.6 is 14.5 Å². The fourth-order valence-electron chi connectivity index (χ4n) is 0.875. The van der Waals surface area contributed by atoms with Gasteiger partial charge in [0.05, 0.1) is 26.4 Å². The van der Waals surface area contributed by atoms with E-state index in [4.69, 9.17) is 34.6 Å². The maximum Gasteiger partial charge on any atom is 0.502 e. The van der Waals surface area contributed by atoms with Gasteiger partial charge in [-0.05, 0) is 39.5 Å². The Hall–Kier alpha value is 0.640. The van der Waals surface area contributed by atoms with Gasteiger partial charge in [-0.25, -0.2) is 4.57 Å². The highest BCUT2D eigenvalue weighted by Crippen LogP contribution is 2.58. The minimum absolute atomic E-state index is 0.146. The van der Waals surface area contributed by atoms with Crippen LogP contribution in [0.1, 0.15) is 27.7 Å². The molecule has 0 rings (SSSR count). The minimum atomic E-state index is -3.78. The largest absolute Gasteiger partial charge is 0.502 e. The summed E-state index contributed by atoms with van der Waals surface area (Å²) in [6.45, 7) is 4.54. The molecule has 7 nitrogen and oxygen atoms in total. The van der Waals surface area contributed by atoms with E-state index in [1.54, 1.807) is 27.7 Å². The van der Waals surface area contributed by atoms with Gasteiger partial charge in [-0.3, -0.25) is 9.05 Å². The summed E-state index contributed by atoms with van der Waals surface area (Å²) >= 11 is 5.02. The Morgan fingerprint density at radius 1 is 0.778 bits per heavy atom. The number of hydrogen-bond acceptors (Lipinski definition) is 8. The van der Waals surface area contributed by atoms with Crippen molar-refractivity contribution in [2.45, 2.75) is 27.7 Å². The lowest BCUT2D eigenvalue weighted by Gasteiger charge is -2.21. The Morgan fingerprint density at radius 2 is 1.17 bits per heavy atom. The lowest BCUT2D eigenvalue weighted by atomic mass is 10.9. The predicted molar refractivity (Wildman–Crippen MR) is 70.6 cm³/mol. The average molecular weight is 322 g/mol. The van der Waals surface area contributed by atoms with Gasteiger partial charge in [0, 0.05) is 0 Å². The monoisotopic (exact) mass is 322 g/mol. The molecule has 0 aromatic heterocycles. The molecule has 0 bridgehead atoms. The maximum absolute atomic E-state index is 11.9. The van der Waals surface area contributed by atoms with Crippen LogP contribution < -0.4 is 0 Å². The van der Waals surface area contributed by atoms with E-state index in [0.29, 0.717) is 0 Å². The first kappa shape index (κ1) is 18.6. The first-order valence-electron chi connectivity index (χ1n) is 5.61. The Kier molecular flexibility index (Phi) is 9.87. The van der Waals surface area contributed by atoms with Crippen molar-refractivity contribution in [3.05, 3.63) is 0 Å². The Morgan fingerprint density at radius 3 is 1.50 bits per heavy atom. The van der Waals surface area contributed by atoms with Gasteiger partial charge >= 0.3 is 14.5 Å². The zero-order valence-corrected chi connectivity index (χ0v) is 13.6. The van der Waals surface area contributed by atoms with Crippen molar-refractivity contribution in [3.63, 3.8) is 0 Å². The molecule has 10 heteroatoms. The summed E-state index contributed by atoms with van der Waals surface area (Å²) in [6, 6.07) is 0. The second kappa shape index (κ2) is 9.53. The molecule has 0 aromatic carbocycles. The lowest BCUT2D eigenvalue weighted by Crippen LogP contribution is -2.04. The van der Waals surface area contributed by atoms with Crippen LogP contribution in [0.3, 0.4) is 0 Å². The molecular formula is C8H20O7P2S. The molecule has 0 unspecified atom stereocenters. The van der Waals surface area contributed by atoms with Crippen LogP contribution in [0, 0.1) is 0 Å². The number of hydrogen-bond donors (Lipinski definition) is 0. The maximum atomic E-state index is 11.9. The second-order valence-corrected chi connectivity index (χ2v) is 7.18. The van der Waals surface area contributed by atoms with E-state index in [9.17, 15) is 4.57 Å². The fraction of sp³-hybridized carbons (Fsp3) is 1.00. The summed E-state index contributed by atoms with van der Waals surface area (Å²) in [5.74, 6) is 0. The third kappa shape index (κ3) is 7.28. The third-order valence-electron chi connectivity index (χ3n) is 1.36. The van der Waals surface area contributed by atoms with Crippen molar-refractivity contribution in [2.24, 2.45) is 0 Å². The van der Waals surface area contributed by atoms with Gasteiger partial charge in [-0.15, -0.1) is 9.35 Å². The van der Waals surface area contributed by atoms with Crippen LogP contribution in [0.15, 0.2) is 0 Å². The first-order valence-corrected chi connectivity index (χ1v) is 9.63. The van der Waals surface area contributed by atoms with Crippen LogP contribution in [0.4, 0.5) is 0 Å². The van der Waals surface area contributed by atoms with E-state index in [2.05, 4.69) is 4.67 Å². The summed E-state index contributed by atoms with van der Waals surface area (Å²) in [5.41, 5.74) is 0. The molecule has 0 spiro atoms. The predicted octanol–water partition coefficient (Wildman–Crippen LogP) is 3.41. The van der Waals surface area contributed by atoms with Gasteiger partial charge in [0.1, 0.15) is 0 Å². The molecule has 0 aliphatic carbocycles. The van der Waals surface area contributed by atoms with E-state index in [1.807, 2.05) is 0 Å². The molecule has 0 aliphatic rings. The summed E-state index contributed by atoms with van der Waals surface area (Å²) < 4.78 is 41.5. The van der Waals surface area contributed by atoms with E-state index in [-0.39, 0.29) is 26.4 Å². The van der Waals surface area contributed by atoms with Crippen molar-refractivity contribution in [3.8, 4) is 0 Å². The second-order valence-electron chi connectivity index (χ2n) is 2.71. The van der Waals surface area contributed by atoms with Crippen molar-refractivity contribution >= 4 is 26.3 Å². The molecule has 0 fully saturated rings. The number of phosphoric ester groups is 1. The molecule has 0 aromatic rings. The third-order valence-corrected chi connectivity index (χ3v) is 5.11. The molecule has 0 N–H and O–H groups in total. The van der Waals surface area contributed by atoms with Gasteiger partial charge in [-0.1, -0.05) is 0 Å². The fourth-order valence-corrected chi connectivity index (χ4v) is 3.99. The van der Waals surface area contributed by atoms with Gasteiger partial charge in [0.25, 0.3) is 0 Å². The van der Waals surface area contributed by atoms with Gasteiger partial charge in [-0.2, -0.15) is 0 Å². The highest BCUT2D eigenvalue weighted by atomic mass is 32.5. The van der Waals surface area contributed by atoms with Crippen molar-refractivity contribution in [1.29, 1.82) is 0 Å². The van der Waals surface area contributed by atoms with E-state index < -0.39 is 14.5 Å². The molecule has 18 heavy (non-hydrogen) atoms. The Labute approximate surface area is 113 Å². The van der Waals surface area contributed by atoms with Crippen LogP contribution in [-0.2, 0) is 43.8 Å². The smallest absolute Gasteiger partial charge is 0.307 e. The summed E-state index contributed by atoms with van der Waals surface area (Å²) in [4.78, 5) is 0. The highest BCUT2D eigenvalue weighted by Gasteiger charge is 2.32. The standard InChI is InChI=1S/C8H20O7P2S/c1-5-10-16(9,11-6-2)14-15-17(18,12-7-3)13-8-4/h5-8H2,1-4H3. The Balaban J connectivity index is 4.55. The highest BCUT2D eigenvalue weighted by molar-refractivity contribution is 8.07. The van der Waals surface area contributed by atoms with Crippen molar-refractivity contribution < 1.29 is 32.0 Å². The van der Waals surface area contributed by atoms with Crippen LogP contribution in [0.2, 0.25) is 0 Å². The number of rotatable bonds is 11. The van der Waals surface area contributed by atoms with E-state index in [1.165, 1.54) is 0 Å². The SMILES string of the molecule is CCOP(=O)(OCC)OOP(=S)(OCC)OCC. The van der Waals surface area contributed by atoms with Crippen LogP contribution in [0.25, 0.3) is 0 Å². The van der Waals surface area contributed by atoms with Crippen molar-refractivity contribution in [2.75, 3.05) is 26.4 Å². The molecule has 110 valence electrons. The summed E-state index contributed by atoms with van der Waals surface area (Å²) in [7, 11) is -3.78. The average Bonchev–Trinajstić information content (AvgIpc) is 2.28. The summed E-state index contributed by atoms with van der Waals surface area (Å²) in [6.07, 6.45) is 0. The molecule has 0 saturated carbocycles. The van der Waals surface area contributed by atoms with Gasteiger partial charge in [0.2, 0.25) is 0 Å². The molecule has 0 saturated heterocycles. The molecule has 0 atom stereocenters. The zero-order chi connectivity index (χ0) is 14.1. The minimum Gasteiger partial charge on any atom is -0.307 e. The molecule has 0 aliphatic heterocycles. The van der Waals surface area contributed by atoms with Crippen LogP contribution in [-0.4, -0.2) is 26.4 Å². The summed E-state index contributed by atoms with van der Waals surface area (Å²) in [5, 5.41) is 0. The van der Waals surface area contributed by atoms with Crippen molar-refractivity contribution in [1.82, 2.24) is 0 Å². The molecule has 0 amide bonds. The first-order chi connectivity index (χ1) is 8.45. The molecular weight excluding hydrogens is 302 g/mol. The molecule has 0 heterocycles. The number of phosphoric acid groups is 1. The van der Waals surface area contributed by atoms with E-state index in [0.717, 1.165) is 0 Å².